The number of nitrogens with one attached hydrogen (secondary N) is 1. The summed E-state index contributed by atoms with van der Waals surface area (Å²) in [5.41, 5.74) is 4.01. The SMILES string of the molecule is CCn1c2ccccc2c2cc(NC(=O)C(C)Sc3nncn3-c3cccc(OC)c3)ccc21. The lowest BCUT2D eigenvalue weighted by Crippen LogP contribution is -2.22. The fraction of sp³-hybridized carbons (Fsp3) is 0.192. The number of hydrogen-bond acceptors (Lipinski definition) is 5. The highest BCUT2D eigenvalue weighted by atomic mass is 32.2. The van der Waals surface area contributed by atoms with Crippen LogP contribution in [0.3, 0.4) is 0 Å². The van der Waals surface area contributed by atoms with Crippen molar-refractivity contribution in [1.29, 1.82) is 0 Å². The van der Waals surface area contributed by atoms with Crippen LogP contribution < -0.4 is 10.1 Å². The summed E-state index contributed by atoms with van der Waals surface area (Å²) in [6.07, 6.45) is 1.64. The number of methoxy groups -OCH3 is 1. The van der Waals surface area contributed by atoms with Gasteiger partial charge in [0, 0.05) is 40.1 Å². The first-order chi connectivity index (χ1) is 16.6. The number of fused-ring (bicyclic) bond motifs is 3. The first-order valence-electron chi connectivity index (χ1n) is 11.1. The number of nitrogens with zero attached hydrogens (tertiary/aromatic N) is 4. The predicted molar refractivity (Wildman–Crippen MR) is 137 cm³/mol. The molecule has 0 aliphatic carbocycles. The molecule has 8 heteroatoms. The third-order valence-corrected chi connectivity index (χ3v) is 6.91. The molecular weight excluding hydrogens is 446 g/mol. The van der Waals surface area contributed by atoms with Gasteiger partial charge < -0.3 is 14.6 Å². The lowest BCUT2D eigenvalue weighted by atomic mass is 10.1. The van der Waals surface area contributed by atoms with E-state index in [2.05, 4.69) is 57.3 Å². The summed E-state index contributed by atoms with van der Waals surface area (Å²) in [4.78, 5) is 13.0. The molecule has 0 saturated heterocycles. The fourth-order valence-corrected chi connectivity index (χ4v) is 5.01. The quantitative estimate of drug-likeness (QED) is 0.316. The monoisotopic (exact) mass is 471 g/mol. The van der Waals surface area contributed by atoms with Crippen LogP contribution in [0.4, 0.5) is 5.69 Å². The Morgan fingerprint density at radius 1 is 1.06 bits per heavy atom. The zero-order valence-electron chi connectivity index (χ0n) is 19.2. The first kappa shape index (κ1) is 22.0. The summed E-state index contributed by atoms with van der Waals surface area (Å²) in [5, 5.41) is 13.9. The molecule has 34 heavy (non-hydrogen) atoms. The van der Waals surface area contributed by atoms with Crippen LogP contribution in [0, 0.1) is 0 Å². The molecule has 0 saturated carbocycles. The van der Waals surface area contributed by atoms with Crippen molar-refractivity contribution in [3.63, 3.8) is 0 Å². The number of carbonyl (C=O) groups excluding carboxylic acids is 1. The highest BCUT2D eigenvalue weighted by Gasteiger charge is 2.19. The highest BCUT2D eigenvalue weighted by Crippen LogP contribution is 2.32. The van der Waals surface area contributed by atoms with Crippen LogP contribution >= 0.6 is 11.8 Å². The molecule has 0 aliphatic heterocycles. The molecule has 0 bridgehead atoms. The Morgan fingerprint density at radius 2 is 1.88 bits per heavy atom. The van der Waals surface area contributed by atoms with Gasteiger partial charge in [0.2, 0.25) is 5.91 Å². The van der Waals surface area contributed by atoms with Crippen molar-refractivity contribution in [3.05, 3.63) is 73.1 Å². The minimum absolute atomic E-state index is 0.0937. The van der Waals surface area contributed by atoms with Crippen molar-refractivity contribution in [2.24, 2.45) is 0 Å². The number of ether oxygens (including phenoxy) is 1. The normalized spacial score (nSPS) is 12.2. The van der Waals surface area contributed by atoms with Crippen LogP contribution in [-0.4, -0.2) is 37.6 Å². The van der Waals surface area contributed by atoms with Gasteiger partial charge in [-0.15, -0.1) is 10.2 Å². The van der Waals surface area contributed by atoms with E-state index in [4.69, 9.17) is 4.74 Å². The Balaban J connectivity index is 1.36. The molecule has 1 N–H and O–H groups in total. The van der Waals surface area contributed by atoms with Gasteiger partial charge in [-0.2, -0.15) is 0 Å². The smallest absolute Gasteiger partial charge is 0.237 e. The second kappa shape index (κ2) is 9.23. The van der Waals surface area contributed by atoms with Crippen molar-refractivity contribution >= 4 is 45.2 Å². The molecule has 5 rings (SSSR count). The van der Waals surface area contributed by atoms with Crippen LogP contribution in [0.1, 0.15) is 13.8 Å². The maximum absolute atomic E-state index is 13.0. The molecule has 172 valence electrons. The largest absolute Gasteiger partial charge is 0.497 e. The van der Waals surface area contributed by atoms with E-state index in [0.717, 1.165) is 34.6 Å². The van der Waals surface area contributed by atoms with Gasteiger partial charge in [-0.1, -0.05) is 36.0 Å². The Labute approximate surface area is 201 Å². The van der Waals surface area contributed by atoms with Crippen LogP contribution in [0.5, 0.6) is 5.75 Å². The fourth-order valence-electron chi connectivity index (χ4n) is 4.17. The van der Waals surface area contributed by atoms with Gasteiger partial charge in [0.1, 0.15) is 12.1 Å². The number of rotatable bonds is 7. The van der Waals surface area contributed by atoms with E-state index in [1.165, 1.54) is 22.7 Å². The zero-order chi connectivity index (χ0) is 23.7. The number of benzene rings is 3. The molecule has 5 aromatic rings. The Morgan fingerprint density at radius 3 is 2.71 bits per heavy atom. The molecule has 0 aliphatic rings. The lowest BCUT2D eigenvalue weighted by Gasteiger charge is -2.13. The van der Waals surface area contributed by atoms with Crippen LogP contribution in [0.2, 0.25) is 0 Å². The second-order valence-corrected chi connectivity index (χ2v) is 9.24. The lowest BCUT2D eigenvalue weighted by molar-refractivity contribution is -0.115. The van der Waals surface area contributed by atoms with E-state index >= 15 is 0 Å². The van der Waals surface area contributed by atoms with Gasteiger partial charge >= 0.3 is 0 Å². The zero-order valence-corrected chi connectivity index (χ0v) is 20.0. The predicted octanol–water partition coefficient (Wildman–Crippen LogP) is 5.52. The van der Waals surface area contributed by atoms with E-state index in [9.17, 15) is 4.79 Å². The second-order valence-electron chi connectivity index (χ2n) is 7.93. The number of thioether (sulfide) groups is 1. The number of para-hydroxylation sites is 1. The molecule has 1 atom stereocenters. The van der Waals surface area contributed by atoms with Crippen molar-refractivity contribution in [3.8, 4) is 11.4 Å². The van der Waals surface area contributed by atoms with E-state index in [-0.39, 0.29) is 11.2 Å². The minimum Gasteiger partial charge on any atom is -0.497 e. The van der Waals surface area contributed by atoms with Gasteiger partial charge in [0.05, 0.1) is 18.0 Å². The van der Waals surface area contributed by atoms with Gasteiger partial charge in [-0.3, -0.25) is 9.36 Å². The Bertz CT molecular complexity index is 1490. The molecule has 7 nitrogen and oxygen atoms in total. The van der Waals surface area contributed by atoms with E-state index in [1.54, 1.807) is 13.4 Å². The molecule has 0 radical (unpaired) electrons. The molecule has 1 unspecified atom stereocenters. The van der Waals surface area contributed by atoms with Gasteiger partial charge in [0.25, 0.3) is 0 Å². The standard InChI is InChI=1S/C26H25N5O2S/c1-4-30-23-11-6-5-10-21(23)22-14-18(12-13-24(22)30)28-25(32)17(2)34-26-29-27-16-31(26)19-8-7-9-20(15-19)33-3/h5-17H,4H2,1-3H3,(H,28,32). The number of carbonyl (C=O) groups is 1. The van der Waals surface area contributed by atoms with Crippen molar-refractivity contribution in [2.45, 2.75) is 30.8 Å². The molecular formula is C26H25N5O2S. The molecule has 3 aromatic carbocycles. The summed E-state index contributed by atoms with van der Waals surface area (Å²) in [5.74, 6) is 0.650. The maximum atomic E-state index is 13.0. The number of hydrogen-bond donors (Lipinski definition) is 1. The summed E-state index contributed by atoms with van der Waals surface area (Å²) in [6, 6.07) is 22.1. The van der Waals surface area contributed by atoms with Crippen LogP contribution in [-0.2, 0) is 11.3 Å². The number of aromatic nitrogens is 4. The first-order valence-corrected chi connectivity index (χ1v) is 12.0. The summed E-state index contributed by atoms with van der Waals surface area (Å²) < 4.78 is 9.46. The molecule has 2 heterocycles. The van der Waals surface area contributed by atoms with Crippen molar-refractivity contribution < 1.29 is 9.53 Å². The molecule has 1 amide bonds. The number of anilines is 1. The van der Waals surface area contributed by atoms with E-state index < -0.39 is 0 Å². The molecule has 0 spiro atoms. The van der Waals surface area contributed by atoms with Crippen molar-refractivity contribution in [1.82, 2.24) is 19.3 Å². The van der Waals surface area contributed by atoms with Gasteiger partial charge in [-0.25, -0.2) is 0 Å². The topological polar surface area (TPSA) is 74.0 Å². The Kier molecular flexibility index (Phi) is 5.98. The summed E-state index contributed by atoms with van der Waals surface area (Å²) in [7, 11) is 1.63. The maximum Gasteiger partial charge on any atom is 0.237 e. The van der Waals surface area contributed by atoms with E-state index in [0.29, 0.717) is 5.16 Å². The Hall–Kier alpha value is -3.78. The van der Waals surface area contributed by atoms with Crippen LogP contribution in [0.25, 0.3) is 27.5 Å². The molecule has 0 fully saturated rings. The number of amides is 1. The third-order valence-electron chi connectivity index (χ3n) is 5.86. The summed E-state index contributed by atoms with van der Waals surface area (Å²) in [6.45, 7) is 4.90. The average Bonchev–Trinajstić information content (AvgIpc) is 3.46. The van der Waals surface area contributed by atoms with Crippen LogP contribution in [0.15, 0.2) is 78.2 Å². The van der Waals surface area contributed by atoms with Gasteiger partial charge in [0.15, 0.2) is 5.16 Å². The minimum atomic E-state index is -0.374. The average molecular weight is 472 g/mol. The van der Waals surface area contributed by atoms with Gasteiger partial charge in [-0.05, 0) is 50.2 Å². The molecule has 2 aromatic heterocycles. The third kappa shape index (κ3) is 4.01. The summed E-state index contributed by atoms with van der Waals surface area (Å²) >= 11 is 1.36. The highest BCUT2D eigenvalue weighted by molar-refractivity contribution is 8.00. The van der Waals surface area contributed by atoms with E-state index in [1.807, 2.05) is 47.9 Å². The number of aryl methyl sites for hydroxylation is 1. The van der Waals surface area contributed by atoms with Crippen molar-refractivity contribution in [2.75, 3.05) is 12.4 Å².